The average Bonchev–Trinajstić information content (AvgIpc) is 2.47. The van der Waals surface area contributed by atoms with E-state index >= 15 is 0 Å². The third-order valence-corrected chi connectivity index (χ3v) is 3.89. The van der Waals surface area contributed by atoms with E-state index in [9.17, 15) is 26.4 Å². The molecule has 2 aromatic carbocycles. The summed E-state index contributed by atoms with van der Waals surface area (Å²) in [6.45, 7) is -2.95. The van der Waals surface area contributed by atoms with E-state index < -0.39 is 33.3 Å². The van der Waals surface area contributed by atoms with E-state index in [1.54, 1.807) is 0 Å². The molecule has 2 rings (SSSR count). The molecule has 0 heterocycles. The van der Waals surface area contributed by atoms with Crippen LogP contribution in [0.1, 0.15) is 5.56 Å². The highest BCUT2D eigenvalue weighted by molar-refractivity contribution is 7.89. The van der Waals surface area contributed by atoms with Crippen LogP contribution >= 0.6 is 0 Å². The summed E-state index contributed by atoms with van der Waals surface area (Å²) in [5.41, 5.74) is 0.411. The first-order valence-corrected chi connectivity index (χ1v) is 8.35. The van der Waals surface area contributed by atoms with Crippen molar-refractivity contribution >= 4 is 21.6 Å². The van der Waals surface area contributed by atoms with Crippen LogP contribution in [-0.4, -0.2) is 20.9 Å². The minimum atomic E-state index is -4.12. The summed E-state index contributed by atoms with van der Waals surface area (Å²) >= 11 is 0. The lowest BCUT2D eigenvalue weighted by Gasteiger charge is -2.08. The maximum atomic E-state index is 13.4. The number of rotatable bonds is 6. The Morgan fingerprint density at radius 3 is 2.36 bits per heavy atom. The molecule has 0 spiro atoms. The fourth-order valence-corrected chi connectivity index (χ4v) is 2.55. The van der Waals surface area contributed by atoms with E-state index in [-0.39, 0.29) is 17.9 Å². The number of nitrogens with one attached hydrogen (secondary N) is 1. The number of amides is 1. The van der Waals surface area contributed by atoms with Gasteiger partial charge >= 0.3 is 6.61 Å². The number of halogens is 3. The summed E-state index contributed by atoms with van der Waals surface area (Å²) in [4.78, 5) is 11.5. The third kappa shape index (κ3) is 5.76. The predicted molar refractivity (Wildman–Crippen MR) is 83.2 cm³/mol. The minimum absolute atomic E-state index is 0.0536. The molecule has 0 aromatic heterocycles. The molecule has 134 valence electrons. The molecule has 1 amide bonds. The molecule has 0 fully saturated rings. The van der Waals surface area contributed by atoms with Crippen LogP contribution in [0.25, 0.3) is 0 Å². The van der Waals surface area contributed by atoms with Crippen LogP contribution in [-0.2, 0) is 21.2 Å². The molecule has 25 heavy (non-hydrogen) atoms. The lowest BCUT2D eigenvalue weighted by atomic mass is 10.1. The molecule has 6 nitrogen and oxygen atoms in total. The third-order valence-electron chi connectivity index (χ3n) is 3.00. The largest absolute Gasteiger partial charge is 0.435 e. The zero-order valence-electron chi connectivity index (χ0n) is 12.6. The fraction of sp³-hybridized carbons (Fsp3) is 0.133. The highest BCUT2D eigenvalue weighted by Crippen LogP contribution is 2.18. The molecule has 0 aliphatic carbocycles. The molecule has 0 bridgehead atoms. The van der Waals surface area contributed by atoms with E-state index in [0.717, 1.165) is 18.2 Å². The van der Waals surface area contributed by atoms with Gasteiger partial charge in [0.15, 0.2) is 0 Å². The fourth-order valence-electron chi connectivity index (χ4n) is 1.98. The van der Waals surface area contributed by atoms with E-state index in [2.05, 4.69) is 10.1 Å². The van der Waals surface area contributed by atoms with Crippen molar-refractivity contribution < 1.29 is 31.1 Å². The summed E-state index contributed by atoms with van der Waals surface area (Å²) < 4.78 is 64.2. The monoisotopic (exact) mass is 374 g/mol. The van der Waals surface area contributed by atoms with Gasteiger partial charge in [0.2, 0.25) is 15.9 Å². The number of carbonyl (C=O) groups is 1. The van der Waals surface area contributed by atoms with Crippen molar-refractivity contribution in [2.24, 2.45) is 5.14 Å². The van der Waals surface area contributed by atoms with Crippen molar-refractivity contribution in [3.05, 3.63) is 53.8 Å². The van der Waals surface area contributed by atoms with E-state index in [0.29, 0.717) is 5.56 Å². The maximum absolute atomic E-state index is 13.4. The first-order chi connectivity index (χ1) is 11.6. The molecule has 0 saturated heterocycles. The van der Waals surface area contributed by atoms with Crippen LogP contribution in [0.2, 0.25) is 0 Å². The number of nitrogens with two attached hydrogens (primary N) is 1. The summed E-state index contributed by atoms with van der Waals surface area (Å²) in [5, 5.41) is 7.27. The molecule has 3 N–H and O–H groups in total. The molecule has 0 saturated carbocycles. The van der Waals surface area contributed by atoms with E-state index in [1.807, 2.05) is 0 Å². The lowest BCUT2D eigenvalue weighted by molar-refractivity contribution is -0.115. The Morgan fingerprint density at radius 1 is 1.16 bits per heavy atom. The zero-order chi connectivity index (χ0) is 18.6. The molecule has 10 heteroatoms. The highest BCUT2D eigenvalue weighted by Gasteiger charge is 2.13. The van der Waals surface area contributed by atoms with Crippen molar-refractivity contribution in [3.8, 4) is 5.75 Å². The Kier molecular flexibility index (Phi) is 5.65. The Balaban J connectivity index is 2.06. The number of hydrogen-bond acceptors (Lipinski definition) is 4. The van der Waals surface area contributed by atoms with Gasteiger partial charge < -0.3 is 10.1 Å². The second kappa shape index (κ2) is 7.53. The number of primary sulfonamides is 1. The van der Waals surface area contributed by atoms with Crippen LogP contribution < -0.4 is 15.2 Å². The molecule has 0 unspecified atom stereocenters. The Hall–Kier alpha value is -2.59. The first-order valence-electron chi connectivity index (χ1n) is 6.80. The van der Waals surface area contributed by atoms with E-state index in [4.69, 9.17) is 5.14 Å². The summed E-state index contributed by atoms with van der Waals surface area (Å²) in [6, 6.07) is 8.07. The Labute approximate surface area is 141 Å². The van der Waals surface area contributed by atoms with Crippen molar-refractivity contribution in [1.29, 1.82) is 0 Å². The highest BCUT2D eigenvalue weighted by atomic mass is 32.2. The number of alkyl halides is 2. The Morgan fingerprint density at radius 2 is 1.80 bits per heavy atom. The van der Waals surface area contributed by atoms with Crippen LogP contribution in [0, 0.1) is 5.82 Å². The van der Waals surface area contributed by atoms with Crippen LogP contribution in [0.15, 0.2) is 47.4 Å². The molecular formula is C15H13F3N2O4S. The summed E-state index contributed by atoms with van der Waals surface area (Å²) in [5.74, 6) is -1.49. The van der Waals surface area contributed by atoms with Gasteiger partial charge in [0.25, 0.3) is 0 Å². The molecule has 2 aromatic rings. The Bertz CT molecular complexity index is 871. The van der Waals surface area contributed by atoms with Gasteiger partial charge in [0.1, 0.15) is 11.6 Å². The number of carbonyl (C=O) groups excluding carboxylic acids is 1. The van der Waals surface area contributed by atoms with Crippen molar-refractivity contribution in [1.82, 2.24) is 0 Å². The van der Waals surface area contributed by atoms with Gasteiger partial charge in [-0.3, -0.25) is 4.79 Å². The topological polar surface area (TPSA) is 98.5 Å². The van der Waals surface area contributed by atoms with Gasteiger partial charge in [-0.1, -0.05) is 12.1 Å². The van der Waals surface area contributed by atoms with Gasteiger partial charge in [0.05, 0.1) is 11.3 Å². The lowest BCUT2D eigenvalue weighted by Crippen LogP contribution is -2.16. The molecule has 0 atom stereocenters. The van der Waals surface area contributed by atoms with E-state index in [1.165, 1.54) is 24.3 Å². The van der Waals surface area contributed by atoms with Gasteiger partial charge in [0, 0.05) is 5.69 Å². The SMILES string of the molecule is NS(=O)(=O)c1cc(F)cc(NC(=O)Cc2ccc(OC(F)F)cc2)c1. The molecule has 0 aliphatic rings. The maximum Gasteiger partial charge on any atom is 0.387 e. The van der Waals surface area contributed by atoms with Gasteiger partial charge in [-0.2, -0.15) is 8.78 Å². The summed E-state index contributed by atoms with van der Waals surface area (Å²) in [6.07, 6.45) is -0.143. The number of ether oxygens (including phenoxy) is 1. The normalized spacial score (nSPS) is 11.4. The van der Waals surface area contributed by atoms with Gasteiger partial charge in [-0.15, -0.1) is 0 Å². The van der Waals surface area contributed by atoms with Crippen molar-refractivity contribution in [2.45, 2.75) is 17.9 Å². The molecule has 0 radical (unpaired) electrons. The minimum Gasteiger partial charge on any atom is -0.435 e. The number of hydrogen-bond donors (Lipinski definition) is 2. The van der Waals surface area contributed by atoms with Crippen LogP contribution in [0.3, 0.4) is 0 Å². The average molecular weight is 374 g/mol. The number of anilines is 1. The molecule has 0 aliphatic heterocycles. The first kappa shape index (κ1) is 18.7. The number of sulfonamides is 1. The van der Waals surface area contributed by atoms with Crippen LogP contribution in [0.4, 0.5) is 18.9 Å². The van der Waals surface area contributed by atoms with Crippen molar-refractivity contribution in [2.75, 3.05) is 5.32 Å². The second-order valence-corrected chi connectivity index (χ2v) is 6.53. The van der Waals surface area contributed by atoms with Crippen molar-refractivity contribution in [3.63, 3.8) is 0 Å². The standard InChI is InChI=1S/C15H13F3N2O4S/c16-10-6-11(8-13(7-10)25(19,22)23)20-14(21)5-9-1-3-12(4-2-9)24-15(17)18/h1-4,6-8,15H,5H2,(H,20,21)(H2,19,22,23). The predicted octanol–water partition coefficient (Wildman–Crippen LogP) is 2.26. The number of benzene rings is 2. The van der Waals surface area contributed by atoms with Crippen LogP contribution in [0.5, 0.6) is 5.75 Å². The quantitative estimate of drug-likeness (QED) is 0.810. The van der Waals surface area contributed by atoms with Gasteiger partial charge in [-0.25, -0.2) is 17.9 Å². The molecular weight excluding hydrogens is 361 g/mol. The smallest absolute Gasteiger partial charge is 0.387 e. The van der Waals surface area contributed by atoms with Gasteiger partial charge in [-0.05, 0) is 35.9 Å². The summed E-state index contributed by atoms with van der Waals surface area (Å²) in [7, 11) is -4.12. The second-order valence-electron chi connectivity index (χ2n) is 4.97. The zero-order valence-corrected chi connectivity index (χ0v) is 13.4.